The maximum absolute atomic E-state index is 13.5. The summed E-state index contributed by atoms with van der Waals surface area (Å²) in [6.45, 7) is 1.42. The van der Waals surface area contributed by atoms with E-state index < -0.39 is 11.4 Å². The normalized spacial score (nSPS) is 11.6. The van der Waals surface area contributed by atoms with Gasteiger partial charge in [0.25, 0.3) is 0 Å². The minimum atomic E-state index is -0.849. The van der Waals surface area contributed by atoms with Crippen molar-refractivity contribution in [1.29, 1.82) is 0 Å². The predicted molar refractivity (Wildman–Crippen MR) is 65.1 cm³/mol. The van der Waals surface area contributed by atoms with Crippen molar-refractivity contribution in [3.05, 3.63) is 29.6 Å². The SMILES string of the molecule is CCC(CO)(CO)Nc1cccc(F)c1CN. The topological polar surface area (TPSA) is 78.5 Å². The number of benzene rings is 1. The zero-order chi connectivity index (χ0) is 12.9. The number of aliphatic hydroxyl groups excluding tert-OH is 2. The zero-order valence-electron chi connectivity index (χ0n) is 9.91. The molecule has 0 radical (unpaired) electrons. The molecule has 0 fully saturated rings. The summed E-state index contributed by atoms with van der Waals surface area (Å²) in [5.41, 5.74) is 5.51. The van der Waals surface area contributed by atoms with Gasteiger partial charge in [-0.3, -0.25) is 0 Å². The summed E-state index contributed by atoms with van der Waals surface area (Å²) in [5.74, 6) is -0.390. The molecule has 0 aliphatic rings. The van der Waals surface area contributed by atoms with Crippen molar-refractivity contribution in [3.63, 3.8) is 0 Å². The van der Waals surface area contributed by atoms with Gasteiger partial charge in [-0.05, 0) is 18.6 Å². The molecule has 0 aromatic heterocycles. The molecule has 0 saturated carbocycles. The Morgan fingerprint density at radius 1 is 1.35 bits per heavy atom. The third kappa shape index (κ3) is 2.94. The molecule has 17 heavy (non-hydrogen) atoms. The van der Waals surface area contributed by atoms with E-state index in [1.807, 2.05) is 6.92 Å². The van der Waals surface area contributed by atoms with Crippen LogP contribution in [0.5, 0.6) is 0 Å². The quantitative estimate of drug-likeness (QED) is 0.596. The van der Waals surface area contributed by atoms with Gasteiger partial charge in [0.05, 0.1) is 18.8 Å². The van der Waals surface area contributed by atoms with Crippen LogP contribution in [0.25, 0.3) is 0 Å². The predicted octanol–water partition coefficient (Wildman–Crippen LogP) is 0.830. The van der Waals surface area contributed by atoms with Gasteiger partial charge in [-0.1, -0.05) is 13.0 Å². The Balaban J connectivity index is 3.05. The molecule has 96 valence electrons. The lowest BCUT2D eigenvalue weighted by Gasteiger charge is -2.31. The Kier molecular flexibility index (Phi) is 4.86. The highest BCUT2D eigenvalue weighted by Gasteiger charge is 2.27. The van der Waals surface area contributed by atoms with Crippen molar-refractivity contribution < 1.29 is 14.6 Å². The summed E-state index contributed by atoms with van der Waals surface area (Å²) in [5, 5.41) is 21.6. The Hall–Kier alpha value is -1.17. The lowest BCUT2D eigenvalue weighted by Crippen LogP contribution is -2.45. The lowest BCUT2D eigenvalue weighted by molar-refractivity contribution is 0.132. The van der Waals surface area contributed by atoms with E-state index in [-0.39, 0.29) is 19.8 Å². The fourth-order valence-electron chi connectivity index (χ4n) is 1.61. The van der Waals surface area contributed by atoms with Crippen LogP contribution in [0, 0.1) is 5.82 Å². The van der Waals surface area contributed by atoms with Gasteiger partial charge in [-0.25, -0.2) is 4.39 Å². The molecule has 5 N–H and O–H groups in total. The number of nitrogens with one attached hydrogen (secondary N) is 1. The lowest BCUT2D eigenvalue weighted by atomic mass is 9.97. The van der Waals surface area contributed by atoms with Gasteiger partial charge in [-0.2, -0.15) is 0 Å². The van der Waals surface area contributed by atoms with Crippen LogP contribution in [0.2, 0.25) is 0 Å². The van der Waals surface area contributed by atoms with E-state index in [9.17, 15) is 14.6 Å². The average molecular weight is 242 g/mol. The first-order chi connectivity index (χ1) is 8.12. The molecule has 5 heteroatoms. The molecule has 0 atom stereocenters. The number of halogens is 1. The molecule has 0 aliphatic carbocycles. The van der Waals surface area contributed by atoms with Gasteiger partial charge in [0, 0.05) is 17.8 Å². The molecular weight excluding hydrogens is 223 g/mol. The Labute approximate surface area is 100 Å². The molecule has 0 spiro atoms. The van der Waals surface area contributed by atoms with Gasteiger partial charge in [0.15, 0.2) is 0 Å². The zero-order valence-corrected chi connectivity index (χ0v) is 9.91. The highest BCUT2D eigenvalue weighted by molar-refractivity contribution is 5.53. The minimum Gasteiger partial charge on any atom is -0.394 e. The summed E-state index contributed by atoms with van der Waals surface area (Å²) in [7, 11) is 0. The second-order valence-corrected chi connectivity index (χ2v) is 4.05. The highest BCUT2D eigenvalue weighted by Crippen LogP contribution is 2.23. The molecule has 0 amide bonds. The number of hydrogen-bond donors (Lipinski definition) is 4. The summed E-state index contributed by atoms with van der Waals surface area (Å²) in [6.07, 6.45) is 0.514. The number of anilines is 1. The van der Waals surface area contributed by atoms with Crippen LogP contribution >= 0.6 is 0 Å². The molecule has 4 nitrogen and oxygen atoms in total. The smallest absolute Gasteiger partial charge is 0.129 e. The van der Waals surface area contributed by atoms with E-state index in [4.69, 9.17) is 5.73 Å². The van der Waals surface area contributed by atoms with Crippen molar-refractivity contribution >= 4 is 5.69 Å². The molecule has 0 heterocycles. The average Bonchev–Trinajstić information content (AvgIpc) is 2.36. The van der Waals surface area contributed by atoms with E-state index in [0.29, 0.717) is 17.7 Å². The van der Waals surface area contributed by atoms with Crippen LogP contribution < -0.4 is 11.1 Å². The van der Waals surface area contributed by atoms with Crippen LogP contribution in [0.15, 0.2) is 18.2 Å². The van der Waals surface area contributed by atoms with Crippen molar-refractivity contribution in [3.8, 4) is 0 Å². The van der Waals surface area contributed by atoms with Crippen LogP contribution in [-0.2, 0) is 6.54 Å². The highest BCUT2D eigenvalue weighted by atomic mass is 19.1. The standard InChI is InChI=1S/C12H19FN2O2/c1-2-12(7-16,8-17)15-11-5-3-4-10(13)9(11)6-14/h3-5,15-17H,2,6-8,14H2,1H3. The summed E-state index contributed by atoms with van der Waals surface area (Å²) >= 11 is 0. The first-order valence-electron chi connectivity index (χ1n) is 5.60. The number of aliphatic hydroxyl groups is 2. The van der Waals surface area contributed by atoms with Gasteiger partial charge in [0.1, 0.15) is 5.82 Å². The number of nitrogens with two attached hydrogens (primary N) is 1. The molecule has 1 rings (SSSR count). The fourth-order valence-corrected chi connectivity index (χ4v) is 1.61. The van der Waals surface area contributed by atoms with E-state index in [0.717, 1.165) is 0 Å². The third-order valence-corrected chi connectivity index (χ3v) is 3.00. The second-order valence-electron chi connectivity index (χ2n) is 4.05. The number of rotatable bonds is 6. The molecule has 0 bridgehead atoms. The molecule has 0 unspecified atom stereocenters. The van der Waals surface area contributed by atoms with Crippen LogP contribution in [0.3, 0.4) is 0 Å². The minimum absolute atomic E-state index is 0.0612. The summed E-state index contributed by atoms with van der Waals surface area (Å²) in [6, 6.07) is 4.58. The largest absolute Gasteiger partial charge is 0.394 e. The molecular formula is C12H19FN2O2. The molecule has 1 aromatic rings. The van der Waals surface area contributed by atoms with Gasteiger partial charge < -0.3 is 21.3 Å². The van der Waals surface area contributed by atoms with Gasteiger partial charge in [-0.15, -0.1) is 0 Å². The van der Waals surface area contributed by atoms with Crippen molar-refractivity contribution in [1.82, 2.24) is 0 Å². The van der Waals surface area contributed by atoms with Crippen LogP contribution in [-0.4, -0.2) is 29.0 Å². The second kappa shape index (κ2) is 5.95. The Morgan fingerprint density at radius 3 is 2.47 bits per heavy atom. The molecule has 0 aliphatic heterocycles. The van der Waals surface area contributed by atoms with E-state index in [2.05, 4.69) is 5.32 Å². The first-order valence-corrected chi connectivity index (χ1v) is 5.60. The van der Waals surface area contributed by atoms with Crippen LogP contribution in [0.1, 0.15) is 18.9 Å². The summed E-state index contributed by atoms with van der Waals surface area (Å²) < 4.78 is 13.5. The van der Waals surface area contributed by atoms with Gasteiger partial charge >= 0.3 is 0 Å². The van der Waals surface area contributed by atoms with E-state index >= 15 is 0 Å². The summed E-state index contributed by atoms with van der Waals surface area (Å²) in [4.78, 5) is 0. The Bertz CT molecular complexity index is 359. The maximum Gasteiger partial charge on any atom is 0.129 e. The fraction of sp³-hybridized carbons (Fsp3) is 0.500. The molecule has 0 saturated heterocycles. The monoisotopic (exact) mass is 242 g/mol. The van der Waals surface area contributed by atoms with Crippen molar-refractivity contribution in [2.45, 2.75) is 25.4 Å². The van der Waals surface area contributed by atoms with E-state index in [1.54, 1.807) is 12.1 Å². The third-order valence-electron chi connectivity index (χ3n) is 3.00. The first kappa shape index (κ1) is 13.9. The van der Waals surface area contributed by atoms with Gasteiger partial charge in [0.2, 0.25) is 0 Å². The molecule has 1 aromatic carbocycles. The van der Waals surface area contributed by atoms with Crippen molar-refractivity contribution in [2.24, 2.45) is 5.73 Å². The van der Waals surface area contributed by atoms with E-state index in [1.165, 1.54) is 6.07 Å². The number of hydrogen-bond acceptors (Lipinski definition) is 4. The maximum atomic E-state index is 13.5. The van der Waals surface area contributed by atoms with Crippen LogP contribution in [0.4, 0.5) is 10.1 Å². The van der Waals surface area contributed by atoms with Crippen molar-refractivity contribution in [2.75, 3.05) is 18.5 Å². The Morgan fingerprint density at radius 2 is 2.00 bits per heavy atom.